The van der Waals surface area contributed by atoms with Gasteiger partial charge in [-0.15, -0.1) is 0 Å². The highest BCUT2D eigenvalue weighted by molar-refractivity contribution is 5.95. The van der Waals surface area contributed by atoms with Crippen molar-refractivity contribution in [2.75, 3.05) is 32.2 Å². The number of rotatable bonds is 9. The Bertz CT molecular complexity index is 839. The van der Waals surface area contributed by atoms with Crippen LogP contribution >= 0.6 is 0 Å². The molecule has 0 saturated heterocycles. The molecule has 8 heteroatoms. The van der Waals surface area contributed by atoms with E-state index < -0.39 is 24.3 Å². The zero-order valence-electron chi connectivity index (χ0n) is 15.9. The number of benzene rings is 2. The number of nitrogens with one attached hydrogen (secondary N) is 1. The molecule has 28 heavy (non-hydrogen) atoms. The SMILES string of the molecule is CCOc1ccc(NC(=O)COC(=O)c2ccc(OC)cc2F)cc1OCC. The number of carbonyl (C=O) groups excluding carboxylic acids is 2. The van der Waals surface area contributed by atoms with Gasteiger partial charge in [-0.2, -0.15) is 0 Å². The van der Waals surface area contributed by atoms with E-state index >= 15 is 0 Å². The molecular weight excluding hydrogens is 369 g/mol. The number of halogens is 1. The maximum Gasteiger partial charge on any atom is 0.341 e. The minimum atomic E-state index is -0.947. The van der Waals surface area contributed by atoms with Crippen molar-refractivity contribution in [1.82, 2.24) is 0 Å². The monoisotopic (exact) mass is 391 g/mol. The van der Waals surface area contributed by atoms with Crippen molar-refractivity contribution < 1.29 is 32.9 Å². The molecule has 0 atom stereocenters. The molecule has 1 amide bonds. The van der Waals surface area contributed by atoms with Crippen LogP contribution in [0.5, 0.6) is 17.2 Å². The van der Waals surface area contributed by atoms with Crippen molar-refractivity contribution in [3.05, 3.63) is 47.8 Å². The highest BCUT2D eigenvalue weighted by Gasteiger charge is 2.16. The van der Waals surface area contributed by atoms with Gasteiger partial charge in [0.25, 0.3) is 5.91 Å². The van der Waals surface area contributed by atoms with Gasteiger partial charge in [-0.25, -0.2) is 9.18 Å². The van der Waals surface area contributed by atoms with Crippen molar-refractivity contribution in [2.24, 2.45) is 0 Å². The number of carbonyl (C=O) groups is 2. The average molecular weight is 391 g/mol. The standard InChI is InChI=1S/C20H22FNO6/c1-4-26-17-9-6-13(10-18(17)27-5-2)22-19(23)12-28-20(24)15-8-7-14(25-3)11-16(15)21/h6-11H,4-5,12H2,1-3H3,(H,22,23). The van der Waals surface area contributed by atoms with Gasteiger partial charge in [-0.05, 0) is 38.1 Å². The van der Waals surface area contributed by atoms with Crippen molar-refractivity contribution in [3.8, 4) is 17.2 Å². The fourth-order valence-electron chi connectivity index (χ4n) is 2.32. The Morgan fingerprint density at radius 2 is 1.71 bits per heavy atom. The smallest absolute Gasteiger partial charge is 0.341 e. The zero-order chi connectivity index (χ0) is 20.5. The maximum atomic E-state index is 13.9. The van der Waals surface area contributed by atoms with E-state index in [1.54, 1.807) is 18.2 Å². The van der Waals surface area contributed by atoms with Gasteiger partial charge in [0.1, 0.15) is 11.6 Å². The zero-order valence-corrected chi connectivity index (χ0v) is 15.9. The van der Waals surface area contributed by atoms with E-state index in [1.807, 2.05) is 13.8 Å². The Labute approximate surface area is 162 Å². The average Bonchev–Trinajstić information content (AvgIpc) is 2.68. The molecule has 2 aromatic carbocycles. The number of hydrogen-bond donors (Lipinski definition) is 1. The molecule has 0 fully saturated rings. The first kappa shape index (κ1) is 21.0. The number of amides is 1. The molecule has 0 bridgehead atoms. The Morgan fingerprint density at radius 3 is 2.36 bits per heavy atom. The van der Waals surface area contributed by atoms with Gasteiger partial charge in [-0.1, -0.05) is 0 Å². The molecule has 150 valence electrons. The summed E-state index contributed by atoms with van der Waals surface area (Å²) in [5, 5.41) is 2.58. The second-order valence-electron chi connectivity index (χ2n) is 5.50. The summed E-state index contributed by atoms with van der Waals surface area (Å²) in [6.07, 6.45) is 0. The van der Waals surface area contributed by atoms with Crippen molar-refractivity contribution in [1.29, 1.82) is 0 Å². The molecule has 0 aliphatic carbocycles. The third kappa shape index (κ3) is 5.60. The molecule has 0 unspecified atom stereocenters. The van der Waals surface area contributed by atoms with E-state index in [1.165, 1.54) is 19.2 Å². The van der Waals surface area contributed by atoms with Crippen LogP contribution in [0.3, 0.4) is 0 Å². The summed E-state index contributed by atoms with van der Waals surface area (Å²) in [7, 11) is 1.38. The number of ether oxygens (including phenoxy) is 4. The van der Waals surface area contributed by atoms with Gasteiger partial charge in [0.2, 0.25) is 0 Å². The minimum Gasteiger partial charge on any atom is -0.497 e. The van der Waals surface area contributed by atoms with E-state index in [4.69, 9.17) is 18.9 Å². The molecule has 7 nitrogen and oxygen atoms in total. The quantitative estimate of drug-likeness (QED) is 0.660. The first-order chi connectivity index (χ1) is 13.5. The topological polar surface area (TPSA) is 83.1 Å². The molecular formula is C20H22FNO6. The maximum absolute atomic E-state index is 13.9. The van der Waals surface area contributed by atoms with E-state index in [-0.39, 0.29) is 11.3 Å². The molecule has 0 aromatic heterocycles. The predicted octanol–water partition coefficient (Wildman–Crippen LogP) is 3.43. The Morgan fingerprint density at radius 1 is 1.00 bits per heavy atom. The summed E-state index contributed by atoms with van der Waals surface area (Å²) in [6.45, 7) is 4.03. The van der Waals surface area contributed by atoms with E-state index in [0.29, 0.717) is 30.4 Å². The molecule has 1 N–H and O–H groups in total. The molecule has 0 saturated carbocycles. The lowest BCUT2D eigenvalue weighted by molar-refractivity contribution is -0.119. The summed E-state index contributed by atoms with van der Waals surface area (Å²) in [6, 6.07) is 8.63. The largest absolute Gasteiger partial charge is 0.497 e. The molecule has 0 spiro atoms. The first-order valence-electron chi connectivity index (χ1n) is 8.68. The summed E-state index contributed by atoms with van der Waals surface area (Å²) in [4.78, 5) is 24.0. The van der Waals surface area contributed by atoms with Crippen molar-refractivity contribution >= 4 is 17.6 Å². The second kappa shape index (κ2) is 10.1. The van der Waals surface area contributed by atoms with Crippen LogP contribution in [0, 0.1) is 5.82 Å². The third-order valence-corrected chi connectivity index (χ3v) is 3.56. The van der Waals surface area contributed by atoms with Crippen LogP contribution in [-0.4, -0.2) is 38.8 Å². The van der Waals surface area contributed by atoms with Crippen LogP contribution in [0.1, 0.15) is 24.2 Å². The molecule has 2 aromatic rings. The summed E-state index contributed by atoms with van der Waals surface area (Å²) < 4.78 is 34.5. The Hall–Kier alpha value is -3.29. The van der Waals surface area contributed by atoms with Crippen LogP contribution in [-0.2, 0) is 9.53 Å². The molecule has 0 heterocycles. The lowest BCUT2D eigenvalue weighted by atomic mass is 10.2. The van der Waals surface area contributed by atoms with Crippen LogP contribution in [0.15, 0.2) is 36.4 Å². The Balaban J connectivity index is 1.96. The van der Waals surface area contributed by atoms with E-state index in [9.17, 15) is 14.0 Å². The molecule has 0 aliphatic rings. The van der Waals surface area contributed by atoms with Gasteiger partial charge in [0.05, 0.1) is 25.9 Å². The Kier molecular flexibility index (Phi) is 7.62. The summed E-state index contributed by atoms with van der Waals surface area (Å²) in [5.41, 5.74) is 0.164. The van der Waals surface area contributed by atoms with Gasteiger partial charge < -0.3 is 24.3 Å². The van der Waals surface area contributed by atoms with Crippen LogP contribution in [0.25, 0.3) is 0 Å². The molecule has 0 radical (unpaired) electrons. The van der Waals surface area contributed by atoms with E-state index in [2.05, 4.69) is 5.32 Å². The lowest BCUT2D eigenvalue weighted by Gasteiger charge is -2.13. The number of hydrogen-bond acceptors (Lipinski definition) is 6. The molecule has 0 aliphatic heterocycles. The fourth-order valence-corrected chi connectivity index (χ4v) is 2.32. The minimum absolute atomic E-state index is 0.271. The fraction of sp³-hybridized carbons (Fsp3) is 0.300. The van der Waals surface area contributed by atoms with E-state index in [0.717, 1.165) is 6.07 Å². The van der Waals surface area contributed by atoms with Crippen LogP contribution in [0.2, 0.25) is 0 Å². The van der Waals surface area contributed by atoms with Gasteiger partial charge in [0, 0.05) is 17.8 Å². The number of methoxy groups -OCH3 is 1. The van der Waals surface area contributed by atoms with Crippen molar-refractivity contribution in [2.45, 2.75) is 13.8 Å². The van der Waals surface area contributed by atoms with Gasteiger partial charge in [0.15, 0.2) is 18.1 Å². The second-order valence-corrected chi connectivity index (χ2v) is 5.50. The van der Waals surface area contributed by atoms with Gasteiger partial charge in [-0.3, -0.25) is 4.79 Å². The third-order valence-electron chi connectivity index (χ3n) is 3.56. The van der Waals surface area contributed by atoms with Crippen LogP contribution < -0.4 is 19.5 Å². The van der Waals surface area contributed by atoms with Crippen molar-refractivity contribution in [3.63, 3.8) is 0 Å². The molecule has 2 rings (SSSR count). The first-order valence-corrected chi connectivity index (χ1v) is 8.68. The lowest BCUT2D eigenvalue weighted by Crippen LogP contribution is -2.21. The number of esters is 1. The highest BCUT2D eigenvalue weighted by Crippen LogP contribution is 2.30. The highest BCUT2D eigenvalue weighted by atomic mass is 19.1. The normalized spacial score (nSPS) is 10.1. The predicted molar refractivity (Wildman–Crippen MR) is 101 cm³/mol. The summed E-state index contributed by atoms with van der Waals surface area (Å²) in [5.74, 6) is -1.00. The van der Waals surface area contributed by atoms with Crippen LogP contribution in [0.4, 0.5) is 10.1 Å². The number of anilines is 1. The summed E-state index contributed by atoms with van der Waals surface area (Å²) >= 11 is 0. The van der Waals surface area contributed by atoms with Gasteiger partial charge >= 0.3 is 5.97 Å².